The van der Waals surface area contributed by atoms with Gasteiger partial charge < -0.3 is 5.48 Å². The van der Waals surface area contributed by atoms with Crippen molar-refractivity contribution < 1.29 is 31.6 Å². The minimum absolute atomic E-state index is 0. The summed E-state index contributed by atoms with van der Waals surface area (Å²) in [6.45, 7) is 3.53. The molecule has 0 aliphatic heterocycles. The van der Waals surface area contributed by atoms with Crippen molar-refractivity contribution in [3.63, 3.8) is 0 Å². The molecule has 0 aliphatic carbocycles. The third kappa shape index (κ3) is 12.0. The minimum Gasteiger partial charge on any atom is -0.412 e. The number of hydrogen-bond acceptors (Lipinski definition) is 0. The smallest absolute Gasteiger partial charge is 0.412 e. The van der Waals surface area contributed by atoms with Crippen LogP contribution >= 0.6 is 0 Å². The Labute approximate surface area is 48.4 Å². The Morgan fingerprint density at radius 2 is 2.00 bits per heavy atom. The minimum atomic E-state index is 0. The van der Waals surface area contributed by atoms with Gasteiger partial charge in [0.25, 0.3) is 0 Å². The Morgan fingerprint density at radius 1 is 1.80 bits per heavy atom. The van der Waals surface area contributed by atoms with Crippen molar-refractivity contribution in [2.45, 2.75) is 3.93 Å². The van der Waals surface area contributed by atoms with Crippen LogP contribution in [0.15, 0.2) is 12.7 Å². The summed E-state index contributed by atoms with van der Waals surface area (Å²) in [5.41, 5.74) is 0. The summed E-state index contributed by atoms with van der Waals surface area (Å²) in [5.74, 6) is 0. The zero-order valence-electron chi connectivity index (χ0n) is 3.20. The zero-order chi connectivity index (χ0) is 3.41. The maximum atomic E-state index is 3.53. The van der Waals surface area contributed by atoms with E-state index in [1.165, 1.54) is 3.93 Å². The average Bonchev–Trinajstić information content (AvgIpc) is 1.37. The van der Waals surface area contributed by atoms with E-state index in [-0.39, 0.29) is 5.48 Å². The molecule has 0 aliphatic rings. The first-order chi connectivity index (χ1) is 1.91. The fourth-order valence-electron chi connectivity index (χ4n) is 0. The van der Waals surface area contributed by atoms with E-state index in [0.29, 0.717) is 0 Å². The summed E-state index contributed by atoms with van der Waals surface area (Å²) in [4.78, 5) is 0. The van der Waals surface area contributed by atoms with E-state index >= 15 is 0 Å². The molecule has 0 fully saturated rings. The molecule has 0 radical (unpaired) electrons. The molecule has 1 nitrogen and oxygen atoms in total. The molecule has 2 heteroatoms. The Hall–Kier alpha value is 0.635. The monoisotopic (exact) mass is 261 g/mol. The Balaban J connectivity index is 0. The first-order valence-corrected chi connectivity index (χ1v) is 5.20. The van der Waals surface area contributed by atoms with Crippen molar-refractivity contribution in [1.29, 1.82) is 0 Å². The molecule has 0 amide bonds. The normalized spacial score (nSPS) is 5.20. The molecule has 0 aromatic carbocycles. The standard InChI is InChI=1S/C3H5.Hg.H2O/c1-3-2;;/h3H,1-2H2;;1H2. The fourth-order valence-corrected chi connectivity index (χ4v) is 0. The van der Waals surface area contributed by atoms with Crippen LogP contribution in [-0.4, -0.2) is 5.48 Å². The number of allylic oxidation sites excluding steroid dienone is 1. The first-order valence-electron chi connectivity index (χ1n) is 1.32. The molecule has 0 heterocycles. The third-order valence-corrected chi connectivity index (χ3v) is 1.79. The quantitative estimate of drug-likeness (QED) is 0.480. The van der Waals surface area contributed by atoms with E-state index in [4.69, 9.17) is 0 Å². The van der Waals surface area contributed by atoms with Gasteiger partial charge in [0, 0.05) is 0 Å². The molecule has 0 unspecified atom stereocenters. The zero-order valence-corrected chi connectivity index (χ0v) is 8.70. The molecule has 0 atom stereocenters. The van der Waals surface area contributed by atoms with Crippen LogP contribution in [0.2, 0.25) is 3.93 Å². The first kappa shape index (κ1) is 9.16. The van der Waals surface area contributed by atoms with Crippen molar-refractivity contribution in [1.82, 2.24) is 0 Å². The summed E-state index contributed by atoms with van der Waals surface area (Å²) in [7, 11) is 0. The molecule has 5 heavy (non-hydrogen) atoms. The molecular formula is C3H7HgO. The Morgan fingerprint density at radius 3 is 2.00 bits per heavy atom. The molecule has 0 spiro atoms. The maximum absolute atomic E-state index is 3.53. The summed E-state index contributed by atoms with van der Waals surface area (Å²) >= 11 is 0.955. The molecular weight excluding hydrogens is 253 g/mol. The summed E-state index contributed by atoms with van der Waals surface area (Å²) in [6.07, 6.45) is 1.96. The van der Waals surface area contributed by atoms with Gasteiger partial charge in [0.15, 0.2) is 0 Å². The van der Waals surface area contributed by atoms with Crippen molar-refractivity contribution in [2.75, 3.05) is 0 Å². The van der Waals surface area contributed by atoms with Gasteiger partial charge in [-0.25, -0.2) is 0 Å². The topological polar surface area (TPSA) is 31.5 Å². The van der Waals surface area contributed by atoms with Gasteiger partial charge >= 0.3 is 42.7 Å². The predicted molar refractivity (Wildman–Crippen MR) is 18.6 cm³/mol. The fraction of sp³-hybridized carbons (Fsp3) is 0.333. The van der Waals surface area contributed by atoms with Crippen molar-refractivity contribution in [3.8, 4) is 0 Å². The molecule has 27 valence electrons. The summed E-state index contributed by atoms with van der Waals surface area (Å²) in [6, 6.07) is 0. The largest absolute Gasteiger partial charge is 0.412 e. The summed E-state index contributed by atoms with van der Waals surface area (Å²) in [5, 5.41) is 0. The van der Waals surface area contributed by atoms with E-state index in [9.17, 15) is 0 Å². The van der Waals surface area contributed by atoms with Crippen LogP contribution in [0.5, 0.6) is 0 Å². The van der Waals surface area contributed by atoms with Crippen molar-refractivity contribution >= 4 is 0 Å². The van der Waals surface area contributed by atoms with Gasteiger partial charge in [-0.1, -0.05) is 0 Å². The van der Waals surface area contributed by atoms with Gasteiger partial charge in [-0.2, -0.15) is 0 Å². The van der Waals surface area contributed by atoms with Crippen LogP contribution in [0.1, 0.15) is 0 Å². The Kier molecular flexibility index (Phi) is 16.2. The average molecular weight is 260 g/mol. The molecule has 0 bridgehead atoms. The molecule has 2 N–H and O–H groups in total. The van der Waals surface area contributed by atoms with Crippen LogP contribution in [-0.2, 0) is 26.1 Å². The van der Waals surface area contributed by atoms with E-state index in [0.717, 1.165) is 26.1 Å². The van der Waals surface area contributed by atoms with Crippen LogP contribution in [0.4, 0.5) is 0 Å². The second kappa shape index (κ2) is 8.82. The van der Waals surface area contributed by atoms with Gasteiger partial charge in [-0.15, -0.1) is 0 Å². The Bertz CT molecular complexity index is 20.9. The van der Waals surface area contributed by atoms with Crippen molar-refractivity contribution in [3.05, 3.63) is 12.7 Å². The number of hydrogen-bond donors (Lipinski definition) is 0. The molecule has 0 saturated heterocycles. The molecule has 0 aromatic rings. The van der Waals surface area contributed by atoms with E-state index in [1.807, 2.05) is 6.08 Å². The van der Waals surface area contributed by atoms with Gasteiger partial charge in [0.05, 0.1) is 0 Å². The second-order valence-electron chi connectivity index (χ2n) is 0.577. The summed E-state index contributed by atoms with van der Waals surface area (Å²) < 4.78 is 1.28. The molecule has 0 saturated carbocycles. The van der Waals surface area contributed by atoms with Gasteiger partial charge in [-0.3, -0.25) is 0 Å². The van der Waals surface area contributed by atoms with Crippen LogP contribution in [0.25, 0.3) is 0 Å². The van der Waals surface area contributed by atoms with Crippen molar-refractivity contribution in [2.24, 2.45) is 0 Å². The van der Waals surface area contributed by atoms with E-state index in [1.54, 1.807) is 0 Å². The van der Waals surface area contributed by atoms with E-state index in [2.05, 4.69) is 6.58 Å². The maximum Gasteiger partial charge on any atom is -0.412 e. The van der Waals surface area contributed by atoms with Crippen LogP contribution in [0.3, 0.4) is 0 Å². The van der Waals surface area contributed by atoms with Crippen LogP contribution < -0.4 is 0 Å². The molecule has 0 aromatic heterocycles. The SMILES string of the molecule is C=C[CH2][Hg].O. The van der Waals surface area contributed by atoms with Gasteiger partial charge in [0.2, 0.25) is 0 Å². The number of rotatable bonds is 1. The van der Waals surface area contributed by atoms with Gasteiger partial charge in [0.1, 0.15) is 0 Å². The third-order valence-electron chi connectivity index (χ3n) is 0.204. The molecule has 0 rings (SSSR count). The second-order valence-corrected chi connectivity index (χ2v) is 2.82. The van der Waals surface area contributed by atoms with Gasteiger partial charge in [-0.05, 0) is 0 Å². The predicted octanol–water partition coefficient (Wildman–Crippen LogP) is 0.313. The van der Waals surface area contributed by atoms with E-state index < -0.39 is 0 Å². The van der Waals surface area contributed by atoms with Crippen LogP contribution in [0, 0.1) is 0 Å².